The third-order valence-corrected chi connectivity index (χ3v) is 5.47. The lowest BCUT2D eigenvalue weighted by Crippen LogP contribution is -2.22. The minimum Gasteiger partial charge on any atom is -0.349 e. The van der Waals surface area contributed by atoms with Crippen LogP contribution < -0.4 is 5.56 Å². The Balaban J connectivity index is 1.80. The zero-order valence-electron chi connectivity index (χ0n) is 13.6. The number of aromatic amines is 1. The molecule has 0 aliphatic carbocycles. The normalized spacial score (nSPS) is 11.4. The first-order valence-corrected chi connectivity index (χ1v) is 9.42. The number of hydrogen-bond acceptors (Lipinski definition) is 3. The van der Waals surface area contributed by atoms with Crippen LogP contribution in [0.3, 0.4) is 0 Å². The first-order valence-electron chi connectivity index (χ1n) is 8.06. The van der Waals surface area contributed by atoms with Gasteiger partial charge in [0.25, 0.3) is 5.56 Å². The number of hydrogen-bond donors (Lipinski definition) is 1. The van der Waals surface area contributed by atoms with Crippen LogP contribution in [0.5, 0.6) is 0 Å². The Kier molecular flexibility index (Phi) is 4.27. The third kappa shape index (κ3) is 2.94. The van der Waals surface area contributed by atoms with E-state index in [2.05, 4.69) is 4.98 Å². The van der Waals surface area contributed by atoms with Crippen molar-refractivity contribution in [3.8, 4) is 0 Å². The van der Waals surface area contributed by atoms with Crippen molar-refractivity contribution >= 4 is 45.3 Å². The molecule has 4 rings (SSSR count). The molecule has 0 aliphatic heterocycles. The van der Waals surface area contributed by atoms with Gasteiger partial charge in [0.2, 0.25) is 0 Å². The van der Waals surface area contributed by atoms with E-state index in [1.807, 2.05) is 55.5 Å². The van der Waals surface area contributed by atoms with Gasteiger partial charge in [-0.3, -0.25) is 9.36 Å². The van der Waals surface area contributed by atoms with Crippen molar-refractivity contribution in [1.82, 2.24) is 14.5 Å². The van der Waals surface area contributed by atoms with Gasteiger partial charge in [-0.1, -0.05) is 53.7 Å². The van der Waals surface area contributed by atoms with Gasteiger partial charge in [-0.2, -0.15) is 0 Å². The highest BCUT2D eigenvalue weighted by atomic mass is 35.5. The van der Waals surface area contributed by atoms with E-state index in [4.69, 9.17) is 16.6 Å². The topological polar surface area (TPSA) is 50.7 Å². The summed E-state index contributed by atoms with van der Waals surface area (Å²) in [5, 5.41) is 2.43. The first-order chi connectivity index (χ1) is 12.2. The molecule has 0 amide bonds. The van der Waals surface area contributed by atoms with Crippen LogP contribution in [0.25, 0.3) is 21.9 Å². The highest BCUT2D eigenvalue weighted by Gasteiger charge is 2.15. The maximum absolute atomic E-state index is 12.9. The maximum Gasteiger partial charge on any atom is 0.278 e. The summed E-state index contributed by atoms with van der Waals surface area (Å²) in [5.41, 5.74) is 3.36. The molecular weight excluding hydrogens is 354 g/mol. The van der Waals surface area contributed by atoms with Crippen molar-refractivity contribution in [2.24, 2.45) is 0 Å². The quantitative estimate of drug-likeness (QED) is 0.413. The number of rotatable bonds is 4. The third-order valence-electron chi connectivity index (χ3n) is 4.17. The largest absolute Gasteiger partial charge is 0.349 e. The summed E-state index contributed by atoms with van der Waals surface area (Å²) < 4.78 is 1.72. The van der Waals surface area contributed by atoms with E-state index in [0.29, 0.717) is 12.1 Å². The van der Waals surface area contributed by atoms with E-state index in [1.165, 1.54) is 0 Å². The van der Waals surface area contributed by atoms with E-state index >= 15 is 0 Å². The number of nitrogens with zero attached hydrogens (tertiary/aromatic N) is 2. The number of aromatic nitrogens is 3. The average Bonchev–Trinajstić information content (AvgIpc) is 3.00. The molecule has 0 bridgehead atoms. The number of fused-ring (bicyclic) bond motifs is 3. The van der Waals surface area contributed by atoms with Crippen molar-refractivity contribution in [1.29, 1.82) is 0 Å². The summed E-state index contributed by atoms with van der Waals surface area (Å²) in [4.78, 5) is 20.9. The van der Waals surface area contributed by atoms with Gasteiger partial charge in [0.05, 0.1) is 0 Å². The second kappa shape index (κ2) is 6.58. The first kappa shape index (κ1) is 16.2. The van der Waals surface area contributed by atoms with Crippen molar-refractivity contribution in [3.63, 3.8) is 0 Å². The van der Waals surface area contributed by atoms with Crippen molar-refractivity contribution in [2.45, 2.75) is 24.4 Å². The summed E-state index contributed by atoms with van der Waals surface area (Å²) in [7, 11) is 0. The molecule has 25 heavy (non-hydrogen) atoms. The molecule has 126 valence electrons. The minimum absolute atomic E-state index is 0.0256. The molecule has 0 aliphatic rings. The van der Waals surface area contributed by atoms with E-state index < -0.39 is 0 Å². The molecule has 2 aromatic heterocycles. The van der Waals surface area contributed by atoms with E-state index in [0.717, 1.165) is 37.9 Å². The van der Waals surface area contributed by atoms with E-state index in [-0.39, 0.29) is 5.56 Å². The van der Waals surface area contributed by atoms with Gasteiger partial charge in [-0.05, 0) is 30.7 Å². The molecule has 0 unspecified atom stereocenters. The van der Waals surface area contributed by atoms with Gasteiger partial charge in [-0.15, -0.1) is 0 Å². The fourth-order valence-electron chi connectivity index (χ4n) is 2.89. The lowest BCUT2D eigenvalue weighted by Gasteiger charge is -2.10. The van der Waals surface area contributed by atoms with Crippen LogP contribution in [0, 0.1) is 0 Å². The highest BCUT2D eigenvalue weighted by Crippen LogP contribution is 2.26. The van der Waals surface area contributed by atoms with Crippen LogP contribution in [0.1, 0.15) is 12.5 Å². The molecule has 0 fully saturated rings. The van der Waals surface area contributed by atoms with Crippen molar-refractivity contribution in [3.05, 3.63) is 69.5 Å². The van der Waals surface area contributed by atoms with Gasteiger partial charge in [-0.25, -0.2) is 4.98 Å². The van der Waals surface area contributed by atoms with Gasteiger partial charge in [0.1, 0.15) is 11.0 Å². The summed E-state index contributed by atoms with van der Waals surface area (Å²) in [6.07, 6.45) is 0. The molecule has 0 spiro atoms. The Morgan fingerprint density at radius 3 is 2.68 bits per heavy atom. The molecule has 0 radical (unpaired) electrons. The van der Waals surface area contributed by atoms with Crippen LogP contribution in [-0.2, 0) is 12.3 Å². The molecule has 1 N–H and O–H groups in total. The lowest BCUT2D eigenvalue weighted by molar-refractivity contribution is 0.634. The van der Waals surface area contributed by atoms with E-state index in [9.17, 15) is 4.79 Å². The molecule has 6 heteroatoms. The molecular formula is C19H16ClN3OS. The van der Waals surface area contributed by atoms with E-state index in [1.54, 1.807) is 16.3 Å². The minimum atomic E-state index is -0.0256. The SMILES string of the molecule is CCn1c(SCc2ccc(Cl)cc2)nc2c([nH]c3ccccc32)c1=O. The predicted molar refractivity (Wildman–Crippen MR) is 105 cm³/mol. The summed E-state index contributed by atoms with van der Waals surface area (Å²) in [6, 6.07) is 15.6. The molecule has 2 aromatic carbocycles. The molecule has 0 atom stereocenters. The molecule has 4 aromatic rings. The Hall–Kier alpha value is -2.24. The Bertz CT molecular complexity index is 1120. The monoisotopic (exact) mass is 369 g/mol. The number of thioether (sulfide) groups is 1. The number of para-hydroxylation sites is 1. The molecule has 0 saturated carbocycles. The fourth-order valence-corrected chi connectivity index (χ4v) is 4.03. The zero-order chi connectivity index (χ0) is 17.4. The lowest BCUT2D eigenvalue weighted by atomic mass is 10.2. The van der Waals surface area contributed by atoms with Gasteiger partial charge >= 0.3 is 0 Å². The maximum atomic E-state index is 12.9. The predicted octanol–water partition coefficient (Wildman–Crippen LogP) is 4.84. The second-order valence-electron chi connectivity index (χ2n) is 5.75. The second-order valence-corrected chi connectivity index (χ2v) is 7.13. The van der Waals surface area contributed by atoms with Crippen LogP contribution in [0.15, 0.2) is 58.5 Å². The highest BCUT2D eigenvalue weighted by molar-refractivity contribution is 7.98. The molecule has 2 heterocycles. The zero-order valence-corrected chi connectivity index (χ0v) is 15.2. The van der Waals surface area contributed by atoms with Crippen LogP contribution >= 0.6 is 23.4 Å². The molecule has 0 saturated heterocycles. The van der Waals surface area contributed by atoms with Gasteiger partial charge in [0.15, 0.2) is 5.16 Å². The molecule has 4 nitrogen and oxygen atoms in total. The van der Waals surface area contributed by atoms with Crippen LogP contribution in [0.2, 0.25) is 5.02 Å². The number of nitrogens with one attached hydrogen (secondary N) is 1. The number of H-pyrrole nitrogens is 1. The summed E-state index contributed by atoms with van der Waals surface area (Å²) in [5.74, 6) is 0.734. The van der Waals surface area contributed by atoms with Crippen molar-refractivity contribution in [2.75, 3.05) is 0 Å². The summed E-state index contributed by atoms with van der Waals surface area (Å²) in [6.45, 7) is 2.55. The van der Waals surface area contributed by atoms with Gasteiger partial charge in [0, 0.05) is 28.2 Å². The van der Waals surface area contributed by atoms with Gasteiger partial charge < -0.3 is 4.98 Å². The standard InChI is InChI=1S/C19H16ClN3OS/c1-2-23-18(24)17-16(14-5-3-4-6-15(14)21-17)22-19(23)25-11-12-7-9-13(20)10-8-12/h3-10,21H,2,11H2,1H3. The van der Waals surface area contributed by atoms with Crippen LogP contribution in [0.4, 0.5) is 0 Å². The number of halogens is 1. The average molecular weight is 370 g/mol. The smallest absolute Gasteiger partial charge is 0.278 e. The fraction of sp³-hybridized carbons (Fsp3) is 0.158. The van der Waals surface area contributed by atoms with Crippen molar-refractivity contribution < 1.29 is 0 Å². The Morgan fingerprint density at radius 2 is 1.92 bits per heavy atom. The van der Waals surface area contributed by atoms with Crippen LogP contribution in [-0.4, -0.2) is 14.5 Å². The number of benzene rings is 2. The Labute approximate surface area is 153 Å². The Morgan fingerprint density at radius 1 is 1.16 bits per heavy atom. The summed E-state index contributed by atoms with van der Waals surface area (Å²) >= 11 is 7.50.